The lowest BCUT2D eigenvalue weighted by Gasteiger charge is -2.18. The van der Waals surface area contributed by atoms with E-state index in [0.29, 0.717) is 23.0 Å². The molecule has 5 heteroatoms. The van der Waals surface area contributed by atoms with Crippen LogP contribution < -0.4 is 9.64 Å². The highest BCUT2D eigenvalue weighted by atomic mass is 16.5. The van der Waals surface area contributed by atoms with Crippen LogP contribution in [-0.4, -0.2) is 24.0 Å². The Morgan fingerprint density at radius 3 is 2.48 bits per heavy atom. The van der Waals surface area contributed by atoms with Gasteiger partial charge < -0.3 is 9.84 Å². The van der Waals surface area contributed by atoms with Crippen LogP contribution in [0.15, 0.2) is 83.5 Å². The fourth-order valence-corrected chi connectivity index (χ4v) is 3.22. The topological polar surface area (TPSA) is 62.1 Å². The number of hydrogen-bond donors (Lipinski definition) is 1. The SMILES string of the molecule is COc1cccc(/C=C2/N=C(c3cccc(C)c3)N(c3ccc(O)cc3)C2=O)c1. The molecule has 0 saturated carbocycles. The molecule has 3 aromatic rings. The molecule has 0 saturated heterocycles. The average Bonchev–Trinajstić information content (AvgIpc) is 3.05. The van der Waals surface area contributed by atoms with Gasteiger partial charge in [-0.2, -0.15) is 0 Å². The maximum Gasteiger partial charge on any atom is 0.282 e. The van der Waals surface area contributed by atoms with E-state index >= 15 is 0 Å². The number of anilines is 1. The van der Waals surface area contributed by atoms with Gasteiger partial charge in [-0.25, -0.2) is 4.99 Å². The van der Waals surface area contributed by atoms with Gasteiger partial charge >= 0.3 is 0 Å². The number of carbonyl (C=O) groups is 1. The number of rotatable bonds is 4. The Labute approximate surface area is 169 Å². The first kappa shape index (κ1) is 18.5. The van der Waals surface area contributed by atoms with Gasteiger partial charge in [-0.15, -0.1) is 0 Å². The number of methoxy groups -OCH3 is 1. The number of ether oxygens (including phenoxy) is 1. The van der Waals surface area contributed by atoms with Crippen molar-refractivity contribution in [2.75, 3.05) is 12.0 Å². The molecule has 0 atom stereocenters. The smallest absolute Gasteiger partial charge is 0.282 e. The molecule has 0 fully saturated rings. The maximum atomic E-state index is 13.3. The number of benzene rings is 3. The third-order valence-corrected chi connectivity index (χ3v) is 4.64. The fourth-order valence-electron chi connectivity index (χ4n) is 3.22. The number of hydrogen-bond acceptors (Lipinski definition) is 4. The van der Waals surface area contributed by atoms with Crippen LogP contribution in [0.2, 0.25) is 0 Å². The highest BCUT2D eigenvalue weighted by molar-refractivity contribution is 6.33. The van der Waals surface area contributed by atoms with E-state index in [2.05, 4.69) is 4.99 Å². The van der Waals surface area contributed by atoms with Crippen LogP contribution in [0, 0.1) is 6.92 Å². The zero-order valence-electron chi connectivity index (χ0n) is 16.2. The van der Waals surface area contributed by atoms with E-state index in [1.807, 2.05) is 55.5 Å². The van der Waals surface area contributed by atoms with Crippen LogP contribution in [0.1, 0.15) is 16.7 Å². The third-order valence-electron chi connectivity index (χ3n) is 4.64. The molecule has 1 aliphatic heterocycles. The molecular weight excluding hydrogens is 364 g/mol. The number of aryl methyl sites for hydroxylation is 1. The highest BCUT2D eigenvalue weighted by Gasteiger charge is 2.32. The van der Waals surface area contributed by atoms with E-state index in [9.17, 15) is 9.90 Å². The fraction of sp³-hybridized carbons (Fsp3) is 0.0833. The van der Waals surface area contributed by atoms with Gasteiger partial charge in [0, 0.05) is 5.56 Å². The number of phenols is 1. The first-order valence-corrected chi connectivity index (χ1v) is 9.20. The van der Waals surface area contributed by atoms with Gasteiger partial charge in [-0.05, 0) is 61.0 Å². The minimum atomic E-state index is -0.227. The van der Waals surface area contributed by atoms with E-state index in [-0.39, 0.29) is 11.7 Å². The van der Waals surface area contributed by atoms with Gasteiger partial charge in [0.2, 0.25) is 0 Å². The number of carbonyl (C=O) groups excluding carboxylic acids is 1. The molecule has 0 aliphatic carbocycles. The maximum absolute atomic E-state index is 13.3. The van der Waals surface area contributed by atoms with E-state index in [4.69, 9.17) is 4.74 Å². The van der Waals surface area contributed by atoms with Crippen LogP contribution in [0.5, 0.6) is 11.5 Å². The molecule has 144 valence electrons. The Hall–Kier alpha value is -3.86. The van der Waals surface area contributed by atoms with Crippen molar-refractivity contribution in [1.82, 2.24) is 0 Å². The zero-order valence-corrected chi connectivity index (χ0v) is 16.2. The van der Waals surface area contributed by atoms with Crippen molar-refractivity contribution in [2.24, 2.45) is 4.99 Å². The van der Waals surface area contributed by atoms with Crippen molar-refractivity contribution >= 4 is 23.5 Å². The number of amides is 1. The summed E-state index contributed by atoms with van der Waals surface area (Å²) >= 11 is 0. The molecule has 4 rings (SSSR count). The summed E-state index contributed by atoms with van der Waals surface area (Å²) < 4.78 is 5.27. The first-order chi connectivity index (χ1) is 14.0. The van der Waals surface area contributed by atoms with Crippen LogP contribution in [0.25, 0.3) is 6.08 Å². The summed E-state index contributed by atoms with van der Waals surface area (Å²) in [6.45, 7) is 2.00. The monoisotopic (exact) mass is 384 g/mol. The second-order valence-corrected chi connectivity index (χ2v) is 6.77. The Balaban J connectivity index is 1.82. The van der Waals surface area contributed by atoms with Gasteiger partial charge in [0.25, 0.3) is 5.91 Å². The van der Waals surface area contributed by atoms with Crippen molar-refractivity contribution in [2.45, 2.75) is 6.92 Å². The van der Waals surface area contributed by atoms with E-state index in [0.717, 1.165) is 16.7 Å². The van der Waals surface area contributed by atoms with Crippen molar-refractivity contribution in [3.8, 4) is 11.5 Å². The van der Waals surface area contributed by atoms with E-state index in [1.165, 1.54) is 0 Å². The van der Waals surface area contributed by atoms with E-state index < -0.39 is 0 Å². The Morgan fingerprint density at radius 2 is 1.76 bits per heavy atom. The Morgan fingerprint density at radius 1 is 1.00 bits per heavy atom. The number of amidine groups is 1. The van der Waals surface area contributed by atoms with Gasteiger partial charge in [-0.3, -0.25) is 9.69 Å². The summed E-state index contributed by atoms with van der Waals surface area (Å²) in [6, 6.07) is 21.8. The molecule has 1 aliphatic rings. The van der Waals surface area contributed by atoms with Crippen molar-refractivity contribution in [1.29, 1.82) is 0 Å². The summed E-state index contributed by atoms with van der Waals surface area (Å²) in [7, 11) is 1.60. The minimum Gasteiger partial charge on any atom is -0.508 e. The number of phenolic OH excluding ortho intramolecular Hbond substituents is 1. The van der Waals surface area contributed by atoms with Crippen LogP contribution >= 0.6 is 0 Å². The summed E-state index contributed by atoms with van der Waals surface area (Å²) in [5, 5.41) is 9.62. The normalized spacial score (nSPS) is 15.0. The van der Waals surface area contributed by atoms with E-state index in [1.54, 1.807) is 42.4 Å². The molecule has 29 heavy (non-hydrogen) atoms. The molecule has 0 aromatic heterocycles. The summed E-state index contributed by atoms with van der Waals surface area (Å²) in [4.78, 5) is 19.5. The molecule has 0 bridgehead atoms. The molecule has 0 spiro atoms. The zero-order chi connectivity index (χ0) is 20.4. The van der Waals surface area contributed by atoms with Crippen molar-refractivity contribution < 1.29 is 14.6 Å². The molecule has 1 heterocycles. The van der Waals surface area contributed by atoms with Crippen LogP contribution in [0.3, 0.4) is 0 Å². The average molecular weight is 384 g/mol. The summed E-state index contributed by atoms with van der Waals surface area (Å²) in [5.74, 6) is 1.18. The highest BCUT2D eigenvalue weighted by Crippen LogP contribution is 2.29. The van der Waals surface area contributed by atoms with Crippen LogP contribution in [0.4, 0.5) is 5.69 Å². The number of nitrogens with zero attached hydrogens (tertiary/aromatic N) is 2. The largest absolute Gasteiger partial charge is 0.508 e. The lowest BCUT2D eigenvalue weighted by molar-refractivity contribution is -0.113. The lowest BCUT2D eigenvalue weighted by Crippen LogP contribution is -2.32. The standard InChI is InChI=1S/C24H20N2O3/c1-16-5-3-7-18(13-16)23-25-22(15-17-6-4-8-21(14-17)29-2)24(28)26(23)19-9-11-20(27)12-10-19/h3-15,27H,1-2H3/b22-15+. The van der Waals surface area contributed by atoms with Crippen molar-refractivity contribution in [3.05, 3.63) is 95.2 Å². The lowest BCUT2D eigenvalue weighted by atomic mass is 10.1. The van der Waals surface area contributed by atoms with Gasteiger partial charge in [0.1, 0.15) is 23.0 Å². The second-order valence-electron chi connectivity index (χ2n) is 6.77. The second kappa shape index (κ2) is 7.64. The molecule has 5 nitrogen and oxygen atoms in total. The quantitative estimate of drug-likeness (QED) is 0.672. The Kier molecular flexibility index (Phi) is 4.87. The molecule has 1 N–H and O–H groups in total. The predicted octanol–water partition coefficient (Wildman–Crippen LogP) is 4.54. The minimum absolute atomic E-state index is 0.140. The van der Waals surface area contributed by atoms with Gasteiger partial charge in [0.05, 0.1) is 12.8 Å². The van der Waals surface area contributed by atoms with Gasteiger partial charge in [0.15, 0.2) is 0 Å². The van der Waals surface area contributed by atoms with Crippen LogP contribution in [-0.2, 0) is 4.79 Å². The number of aromatic hydroxyl groups is 1. The molecule has 1 amide bonds. The van der Waals surface area contributed by atoms with Crippen molar-refractivity contribution in [3.63, 3.8) is 0 Å². The Bertz CT molecular complexity index is 1130. The summed E-state index contributed by atoms with van der Waals surface area (Å²) in [6.07, 6.45) is 1.75. The molecule has 0 unspecified atom stereocenters. The molecular formula is C24H20N2O3. The molecule has 3 aromatic carbocycles. The van der Waals surface area contributed by atoms with Gasteiger partial charge in [-0.1, -0.05) is 35.9 Å². The predicted molar refractivity (Wildman–Crippen MR) is 114 cm³/mol. The molecule has 0 radical (unpaired) electrons. The summed E-state index contributed by atoms with van der Waals surface area (Å²) in [5.41, 5.74) is 3.73. The number of aliphatic imine (C=N–C) groups is 1. The third kappa shape index (κ3) is 3.75. The first-order valence-electron chi connectivity index (χ1n) is 9.20.